The van der Waals surface area contributed by atoms with Crippen molar-refractivity contribution in [3.63, 3.8) is 0 Å². The lowest BCUT2D eigenvalue weighted by molar-refractivity contribution is 0.0346. The fourth-order valence-electron chi connectivity index (χ4n) is 2.60. The fourth-order valence-corrected chi connectivity index (χ4v) is 3.56. The van der Waals surface area contributed by atoms with Gasteiger partial charge in [0.25, 0.3) is 0 Å². The van der Waals surface area contributed by atoms with Crippen LogP contribution in [0, 0.1) is 5.82 Å². The summed E-state index contributed by atoms with van der Waals surface area (Å²) in [4.78, 5) is 4.48. The van der Waals surface area contributed by atoms with Gasteiger partial charge in [0.2, 0.25) is 4.96 Å². The van der Waals surface area contributed by atoms with E-state index in [0.717, 1.165) is 49.2 Å². The first-order valence-electron chi connectivity index (χ1n) is 7.19. The maximum atomic E-state index is 13.1. The first-order valence-corrected chi connectivity index (χ1v) is 8.01. The smallest absolute Gasteiger partial charge is 0.216 e. The number of halogens is 1. The second-order valence-electron chi connectivity index (χ2n) is 5.27. The molecule has 22 heavy (non-hydrogen) atoms. The van der Waals surface area contributed by atoms with Gasteiger partial charge in [-0.1, -0.05) is 11.3 Å². The summed E-state index contributed by atoms with van der Waals surface area (Å²) >= 11 is 1.64. The lowest BCUT2D eigenvalue weighted by atomic mass is 10.2. The number of ether oxygens (including phenoxy) is 1. The summed E-state index contributed by atoms with van der Waals surface area (Å²) in [5, 5.41) is 8.44. The molecule has 0 amide bonds. The molecule has 2 aromatic heterocycles. The van der Waals surface area contributed by atoms with E-state index in [1.54, 1.807) is 23.5 Å². The fraction of sp³-hybridized carbons (Fsp3) is 0.333. The van der Waals surface area contributed by atoms with Gasteiger partial charge in [0.1, 0.15) is 5.82 Å². The summed E-state index contributed by atoms with van der Waals surface area (Å²) in [6.45, 7) is 4.42. The molecule has 4 rings (SSSR count). The summed E-state index contributed by atoms with van der Waals surface area (Å²) in [6.07, 6.45) is 2.08. The maximum Gasteiger partial charge on any atom is 0.216 e. The van der Waals surface area contributed by atoms with E-state index in [9.17, 15) is 4.39 Å². The van der Waals surface area contributed by atoms with Crippen LogP contribution in [-0.4, -0.2) is 45.8 Å². The van der Waals surface area contributed by atoms with Crippen molar-refractivity contribution in [2.75, 3.05) is 26.3 Å². The molecule has 5 nitrogen and oxygen atoms in total. The van der Waals surface area contributed by atoms with Gasteiger partial charge in [-0.15, -0.1) is 10.2 Å². The van der Waals surface area contributed by atoms with Gasteiger partial charge in [0, 0.05) is 36.3 Å². The monoisotopic (exact) mass is 318 g/mol. The number of aromatic nitrogens is 3. The van der Waals surface area contributed by atoms with E-state index >= 15 is 0 Å². The summed E-state index contributed by atoms with van der Waals surface area (Å²) in [5.41, 5.74) is 0.865. The number of thiazole rings is 1. The molecule has 3 heterocycles. The molecule has 0 N–H and O–H groups in total. The van der Waals surface area contributed by atoms with Crippen LogP contribution in [0.2, 0.25) is 0 Å². The molecular weight excluding hydrogens is 303 g/mol. The Morgan fingerprint density at radius 2 is 1.91 bits per heavy atom. The minimum absolute atomic E-state index is 0.247. The molecule has 0 saturated carbocycles. The minimum atomic E-state index is -0.247. The maximum absolute atomic E-state index is 13.1. The highest BCUT2D eigenvalue weighted by molar-refractivity contribution is 7.17. The van der Waals surface area contributed by atoms with Gasteiger partial charge in [-0.25, -0.2) is 4.39 Å². The zero-order valence-corrected chi connectivity index (χ0v) is 12.7. The van der Waals surface area contributed by atoms with Gasteiger partial charge >= 0.3 is 0 Å². The Kier molecular flexibility index (Phi) is 3.61. The Hall–Kier alpha value is -1.83. The van der Waals surface area contributed by atoms with Crippen molar-refractivity contribution < 1.29 is 9.13 Å². The summed E-state index contributed by atoms with van der Waals surface area (Å²) in [5.74, 6) is 0.502. The van der Waals surface area contributed by atoms with Gasteiger partial charge in [-0.3, -0.25) is 9.30 Å². The molecule has 1 aliphatic heterocycles. The van der Waals surface area contributed by atoms with E-state index in [-0.39, 0.29) is 5.82 Å². The van der Waals surface area contributed by atoms with Gasteiger partial charge < -0.3 is 4.74 Å². The standard InChI is InChI=1S/C15H15FN4OS/c16-12-3-1-11(2-4-12)14-17-18-15-20(14)10-13(22-15)9-19-5-7-21-8-6-19/h1-4,10H,5-9H2. The highest BCUT2D eigenvalue weighted by atomic mass is 32.1. The van der Waals surface area contributed by atoms with Crippen molar-refractivity contribution in [2.24, 2.45) is 0 Å². The lowest BCUT2D eigenvalue weighted by Gasteiger charge is -2.25. The Balaban J connectivity index is 1.62. The highest BCUT2D eigenvalue weighted by Gasteiger charge is 2.15. The van der Waals surface area contributed by atoms with Gasteiger partial charge in [-0.2, -0.15) is 0 Å². The summed E-state index contributed by atoms with van der Waals surface area (Å²) in [6, 6.07) is 6.34. The van der Waals surface area contributed by atoms with E-state index in [2.05, 4.69) is 21.3 Å². The van der Waals surface area contributed by atoms with Crippen LogP contribution < -0.4 is 0 Å². The van der Waals surface area contributed by atoms with Crippen molar-refractivity contribution in [3.05, 3.63) is 41.2 Å². The van der Waals surface area contributed by atoms with E-state index in [4.69, 9.17) is 4.74 Å². The summed E-state index contributed by atoms with van der Waals surface area (Å²) in [7, 11) is 0. The molecule has 1 fully saturated rings. The average molecular weight is 318 g/mol. The number of benzene rings is 1. The van der Waals surface area contributed by atoms with Crippen LogP contribution in [0.3, 0.4) is 0 Å². The molecule has 0 radical (unpaired) electrons. The Bertz CT molecular complexity index is 777. The number of morpholine rings is 1. The molecule has 0 atom stereocenters. The van der Waals surface area contributed by atoms with Gasteiger partial charge in [0.05, 0.1) is 13.2 Å². The van der Waals surface area contributed by atoms with Gasteiger partial charge in [0.15, 0.2) is 5.82 Å². The van der Waals surface area contributed by atoms with Crippen molar-refractivity contribution in [3.8, 4) is 11.4 Å². The zero-order chi connectivity index (χ0) is 14.9. The molecule has 1 saturated heterocycles. The first-order chi connectivity index (χ1) is 10.8. The second kappa shape index (κ2) is 5.75. The lowest BCUT2D eigenvalue weighted by Crippen LogP contribution is -2.35. The topological polar surface area (TPSA) is 42.7 Å². The molecule has 0 unspecified atom stereocenters. The molecule has 0 spiro atoms. The Morgan fingerprint density at radius 1 is 1.14 bits per heavy atom. The number of nitrogens with zero attached hydrogens (tertiary/aromatic N) is 4. The molecular formula is C15H15FN4OS. The average Bonchev–Trinajstić information content (AvgIpc) is 3.09. The van der Waals surface area contributed by atoms with Crippen molar-refractivity contribution in [1.82, 2.24) is 19.5 Å². The van der Waals surface area contributed by atoms with Crippen molar-refractivity contribution in [1.29, 1.82) is 0 Å². The van der Waals surface area contributed by atoms with Crippen molar-refractivity contribution in [2.45, 2.75) is 6.54 Å². The van der Waals surface area contributed by atoms with Crippen LogP contribution in [0.1, 0.15) is 4.88 Å². The molecule has 1 aromatic carbocycles. The predicted molar refractivity (Wildman–Crippen MR) is 82.4 cm³/mol. The normalized spacial score (nSPS) is 16.4. The van der Waals surface area contributed by atoms with Crippen LogP contribution in [0.15, 0.2) is 30.5 Å². The van der Waals surface area contributed by atoms with Gasteiger partial charge in [-0.05, 0) is 24.3 Å². The molecule has 7 heteroatoms. The Morgan fingerprint density at radius 3 is 2.68 bits per heavy atom. The second-order valence-corrected chi connectivity index (χ2v) is 6.36. The van der Waals surface area contributed by atoms with Crippen molar-refractivity contribution >= 4 is 16.3 Å². The van der Waals surface area contributed by atoms with Crippen LogP contribution >= 0.6 is 11.3 Å². The number of hydrogen-bond acceptors (Lipinski definition) is 5. The predicted octanol–water partition coefficient (Wildman–Crippen LogP) is 2.43. The SMILES string of the molecule is Fc1ccc(-c2nnc3sc(CN4CCOCC4)cn23)cc1. The van der Waals surface area contributed by atoms with Crippen LogP contribution in [-0.2, 0) is 11.3 Å². The largest absolute Gasteiger partial charge is 0.379 e. The molecule has 0 aliphatic carbocycles. The molecule has 1 aliphatic rings. The first kappa shape index (κ1) is 13.8. The molecule has 0 bridgehead atoms. The number of hydrogen-bond donors (Lipinski definition) is 0. The van der Waals surface area contributed by atoms with Crippen LogP contribution in [0.5, 0.6) is 0 Å². The summed E-state index contributed by atoms with van der Waals surface area (Å²) < 4.78 is 20.4. The third kappa shape index (κ3) is 2.63. The Labute approximate surface area is 131 Å². The van der Waals surface area contributed by atoms with Crippen LogP contribution in [0.25, 0.3) is 16.3 Å². The third-order valence-electron chi connectivity index (χ3n) is 3.75. The van der Waals surface area contributed by atoms with Crippen LogP contribution in [0.4, 0.5) is 4.39 Å². The molecule has 114 valence electrons. The quantitative estimate of drug-likeness (QED) is 0.744. The number of fused-ring (bicyclic) bond motifs is 1. The number of rotatable bonds is 3. The van der Waals surface area contributed by atoms with E-state index < -0.39 is 0 Å². The van der Waals surface area contributed by atoms with E-state index in [1.165, 1.54) is 17.0 Å². The molecule has 3 aromatic rings. The zero-order valence-electron chi connectivity index (χ0n) is 11.9. The van der Waals surface area contributed by atoms with E-state index in [0.29, 0.717) is 0 Å². The third-order valence-corrected chi connectivity index (χ3v) is 4.70. The minimum Gasteiger partial charge on any atom is -0.379 e. The van der Waals surface area contributed by atoms with E-state index in [1.807, 2.05) is 4.40 Å². The highest BCUT2D eigenvalue weighted by Crippen LogP contribution is 2.25.